The maximum Gasteiger partial charge on any atom is 0.262 e. The van der Waals surface area contributed by atoms with Gasteiger partial charge in [0.1, 0.15) is 17.8 Å². The van der Waals surface area contributed by atoms with Crippen LogP contribution in [0.1, 0.15) is 28.4 Å². The summed E-state index contributed by atoms with van der Waals surface area (Å²) in [6.45, 7) is 5.97. The largest absolute Gasteiger partial charge is 0.492 e. The Balaban J connectivity index is 2.03. The van der Waals surface area contributed by atoms with Gasteiger partial charge in [-0.2, -0.15) is 0 Å². The van der Waals surface area contributed by atoms with Gasteiger partial charge in [0.15, 0.2) is 6.61 Å². The maximum absolute atomic E-state index is 12.1. The van der Waals surface area contributed by atoms with Crippen molar-refractivity contribution < 1.29 is 19.1 Å². The average molecular weight is 327 g/mol. The van der Waals surface area contributed by atoms with Crippen LogP contribution in [0.3, 0.4) is 0 Å². The highest BCUT2D eigenvalue weighted by atomic mass is 16.5. The van der Waals surface area contributed by atoms with Crippen LogP contribution in [0.5, 0.6) is 11.5 Å². The number of carbonyl (C=O) groups is 2. The Kier molecular flexibility index (Phi) is 5.95. The zero-order chi connectivity index (χ0) is 17.5. The third-order valence-electron chi connectivity index (χ3n) is 3.43. The smallest absolute Gasteiger partial charge is 0.262 e. The first-order chi connectivity index (χ1) is 11.5. The van der Waals surface area contributed by atoms with E-state index in [0.717, 1.165) is 17.4 Å². The summed E-state index contributed by atoms with van der Waals surface area (Å²) < 4.78 is 11.1. The van der Waals surface area contributed by atoms with Gasteiger partial charge in [-0.1, -0.05) is 12.1 Å². The van der Waals surface area contributed by atoms with Crippen LogP contribution in [0.2, 0.25) is 0 Å². The van der Waals surface area contributed by atoms with Crippen molar-refractivity contribution in [1.82, 2.24) is 0 Å². The Labute approximate surface area is 141 Å². The number of para-hydroxylation sites is 2. The summed E-state index contributed by atoms with van der Waals surface area (Å²) >= 11 is 0. The van der Waals surface area contributed by atoms with Crippen molar-refractivity contribution in [2.45, 2.75) is 20.8 Å². The Bertz CT molecular complexity index is 717. The number of anilines is 1. The van der Waals surface area contributed by atoms with Gasteiger partial charge in [0.25, 0.3) is 5.91 Å². The zero-order valence-electron chi connectivity index (χ0n) is 14.1. The van der Waals surface area contributed by atoms with Gasteiger partial charge >= 0.3 is 0 Å². The molecule has 2 rings (SSSR count). The summed E-state index contributed by atoms with van der Waals surface area (Å²) in [7, 11) is 0. The van der Waals surface area contributed by atoms with E-state index in [-0.39, 0.29) is 12.5 Å². The summed E-state index contributed by atoms with van der Waals surface area (Å²) in [5.41, 5.74) is 2.84. The van der Waals surface area contributed by atoms with Gasteiger partial charge in [-0.3, -0.25) is 9.59 Å². The van der Waals surface area contributed by atoms with Crippen LogP contribution >= 0.6 is 0 Å². The molecule has 1 amide bonds. The second kappa shape index (κ2) is 8.15. The Morgan fingerprint density at radius 2 is 1.79 bits per heavy atom. The fraction of sp³-hybridized carbons (Fsp3) is 0.263. The van der Waals surface area contributed by atoms with Gasteiger partial charge in [-0.15, -0.1) is 0 Å². The lowest BCUT2D eigenvalue weighted by Gasteiger charge is -2.14. The van der Waals surface area contributed by atoms with E-state index in [2.05, 4.69) is 5.32 Å². The van der Waals surface area contributed by atoms with Crippen LogP contribution in [0.25, 0.3) is 0 Å². The third kappa shape index (κ3) is 4.35. The molecule has 0 spiro atoms. The molecule has 1 N–H and O–H groups in total. The standard InChI is InChI=1S/C19H21NO4/c1-4-23-17-8-6-5-7-16(17)20-18(22)12-24-19-13(2)9-15(11-21)10-14(19)3/h5-11H,4,12H2,1-3H3,(H,20,22). The fourth-order valence-corrected chi connectivity index (χ4v) is 2.45. The monoisotopic (exact) mass is 327 g/mol. The van der Waals surface area contributed by atoms with E-state index < -0.39 is 0 Å². The molecule has 0 heterocycles. The first kappa shape index (κ1) is 17.5. The summed E-state index contributed by atoms with van der Waals surface area (Å²) in [5.74, 6) is 0.963. The van der Waals surface area contributed by atoms with E-state index in [1.165, 1.54) is 0 Å². The summed E-state index contributed by atoms with van der Waals surface area (Å²) in [5, 5.41) is 2.78. The van der Waals surface area contributed by atoms with Gasteiger partial charge in [-0.05, 0) is 56.2 Å². The minimum absolute atomic E-state index is 0.122. The van der Waals surface area contributed by atoms with Gasteiger partial charge < -0.3 is 14.8 Å². The molecule has 2 aromatic rings. The second-order valence-corrected chi connectivity index (χ2v) is 5.37. The normalized spacial score (nSPS) is 10.1. The molecule has 0 unspecified atom stereocenters. The Hall–Kier alpha value is -2.82. The lowest BCUT2D eigenvalue weighted by molar-refractivity contribution is -0.118. The molecule has 5 nitrogen and oxygen atoms in total. The molecule has 0 saturated carbocycles. The van der Waals surface area contributed by atoms with E-state index >= 15 is 0 Å². The number of aldehydes is 1. The molecule has 0 atom stereocenters. The number of hydrogen-bond donors (Lipinski definition) is 1. The van der Waals surface area contributed by atoms with Crippen molar-refractivity contribution in [2.75, 3.05) is 18.5 Å². The number of nitrogens with one attached hydrogen (secondary N) is 1. The van der Waals surface area contributed by atoms with Crippen LogP contribution in [-0.2, 0) is 4.79 Å². The van der Waals surface area contributed by atoms with E-state index in [9.17, 15) is 9.59 Å². The van der Waals surface area contributed by atoms with Crippen molar-refractivity contribution in [2.24, 2.45) is 0 Å². The van der Waals surface area contributed by atoms with Gasteiger partial charge in [0.2, 0.25) is 0 Å². The van der Waals surface area contributed by atoms with Crippen LogP contribution in [-0.4, -0.2) is 25.4 Å². The molecule has 0 aromatic heterocycles. The van der Waals surface area contributed by atoms with Crippen LogP contribution in [0, 0.1) is 13.8 Å². The van der Waals surface area contributed by atoms with E-state index in [1.807, 2.05) is 32.9 Å². The van der Waals surface area contributed by atoms with E-state index in [4.69, 9.17) is 9.47 Å². The Morgan fingerprint density at radius 1 is 1.12 bits per heavy atom. The first-order valence-electron chi connectivity index (χ1n) is 7.76. The lowest BCUT2D eigenvalue weighted by atomic mass is 10.1. The zero-order valence-corrected chi connectivity index (χ0v) is 14.1. The summed E-state index contributed by atoms with van der Waals surface area (Å²) in [6.07, 6.45) is 0.793. The molecule has 126 valence electrons. The highest BCUT2D eigenvalue weighted by molar-refractivity contribution is 5.93. The average Bonchev–Trinajstić information content (AvgIpc) is 2.56. The predicted molar refractivity (Wildman–Crippen MR) is 93.0 cm³/mol. The minimum Gasteiger partial charge on any atom is -0.492 e. The van der Waals surface area contributed by atoms with Crippen molar-refractivity contribution in [1.29, 1.82) is 0 Å². The van der Waals surface area contributed by atoms with Crippen molar-refractivity contribution in [3.8, 4) is 11.5 Å². The number of ether oxygens (including phenoxy) is 2. The van der Waals surface area contributed by atoms with Crippen LogP contribution in [0.15, 0.2) is 36.4 Å². The van der Waals surface area contributed by atoms with Gasteiger partial charge in [0, 0.05) is 5.56 Å². The van der Waals surface area contributed by atoms with Crippen LogP contribution < -0.4 is 14.8 Å². The topological polar surface area (TPSA) is 64.6 Å². The highest BCUT2D eigenvalue weighted by Crippen LogP contribution is 2.25. The summed E-state index contributed by atoms with van der Waals surface area (Å²) in [4.78, 5) is 23.0. The number of carbonyl (C=O) groups excluding carboxylic acids is 2. The molecule has 24 heavy (non-hydrogen) atoms. The SMILES string of the molecule is CCOc1ccccc1NC(=O)COc1c(C)cc(C=O)cc1C. The minimum atomic E-state index is -0.277. The highest BCUT2D eigenvalue weighted by Gasteiger charge is 2.11. The third-order valence-corrected chi connectivity index (χ3v) is 3.43. The number of benzene rings is 2. The number of hydrogen-bond acceptors (Lipinski definition) is 4. The lowest BCUT2D eigenvalue weighted by Crippen LogP contribution is -2.21. The molecule has 5 heteroatoms. The van der Waals surface area contributed by atoms with Crippen molar-refractivity contribution >= 4 is 17.9 Å². The summed E-state index contributed by atoms with van der Waals surface area (Å²) in [6, 6.07) is 10.7. The Morgan fingerprint density at radius 3 is 2.42 bits per heavy atom. The molecule has 0 bridgehead atoms. The van der Waals surface area contributed by atoms with Crippen LogP contribution in [0.4, 0.5) is 5.69 Å². The molecule has 0 fully saturated rings. The van der Waals surface area contributed by atoms with Gasteiger partial charge in [0.05, 0.1) is 12.3 Å². The molecule has 2 aromatic carbocycles. The molecular formula is C19H21NO4. The van der Waals surface area contributed by atoms with Crippen molar-refractivity contribution in [3.05, 3.63) is 53.1 Å². The molecular weight excluding hydrogens is 306 g/mol. The molecule has 0 radical (unpaired) electrons. The van der Waals surface area contributed by atoms with Gasteiger partial charge in [-0.25, -0.2) is 0 Å². The van der Waals surface area contributed by atoms with E-state index in [1.54, 1.807) is 24.3 Å². The molecule has 0 saturated heterocycles. The quantitative estimate of drug-likeness (QED) is 0.790. The van der Waals surface area contributed by atoms with E-state index in [0.29, 0.717) is 29.4 Å². The fourth-order valence-electron chi connectivity index (χ4n) is 2.45. The second-order valence-electron chi connectivity index (χ2n) is 5.37. The molecule has 0 aliphatic carbocycles. The molecule has 0 aliphatic rings. The van der Waals surface area contributed by atoms with Crippen molar-refractivity contribution in [3.63, 3.8) is 0 Å². The molecule has 0 aliphatic heterocycles. The number of aryl methyl sites for hydroxylation is 2. The maximum atomic E-state index is 12.1. The number of rotatable bonds is 7. The first-order valence-corrected chi connectivity index (χ1v) is 7.76. The predicted octanol–water partition coefficient (Wildman–Crippen LogP) is 3.53. The number of amides is 1.